The topological polar surface area (TPSA) is 66.4 Å². The molecule has 0 aromatic carbocycles. The van der Waals surface area contributed by atoms with Crippen molar-refractivity contribution in [1.82, 2.24) is 5.32 Å². The third-order valence-electron chi connectivity index (χ3n) is 0.914. The van der Waals surface area contributed by atoms with Crippen LogP contribution in [0.3, 0.4) is 0 Å². The Labute approximate surface area is 110 Å². The van der Waals surface area contributed by atoms with Crippen molar-refractivity contribution in [2.24, 2.45) is 0 Å². The van der Waals surface area contributed by atoms with Crippen LogP contribution < -0.4 is 56.7 Å². The summed E-state index contributed by atoms with van der Waals surface area (Å²) in [5, 5.41) is 10.4. The van der Waals surface area contributed by atoms with Gasteiger partial charge in [0.15, 0.2) is 0 Å². The molecule has 0 unspecified atom stereocenters. The second-order valence-electron chi connectivity index (χ2n) is 1.92. The van der Waals surface area contributed by atoms with Crippen LogP contribution in [0.15, 0.2) is 0 Å². The Hall–Kier alpha value is 0.576. The summed E-state index contributed by atoms with van der Waals surface area (Å²) in [5.41, 5.74) is 0. The van der Waals surface area contributed by atoms with Crippen LogP contribution in [0.25, 0.3) is 0 Å². The minimum atomic E-state index is -1.01. The van der Waals surface area contributed by atoms with Gasteiger partial charge in [0.1, 0.15) is 6.54 Å². The fourth-order valence-electron chi connectivity index (χ4n) is 0.490. The molecule has 0 aromatic heterocycles. The fraction of sp³-hybridized carbons (Fsp3) is 0.667. The van der Waals surface area contributed by atoms with Crippen molar-refractivity contribution in [3.63, 3.8) is 0 Å². The van der Waals surface area contributed by atoms with Gasteiger partial charge in [-0.2, -0.15) is 0 Å². The summed E-state index contributed by atoms with van der Waals surface area (Å²) in [5.74, 6) is -1.21. The van der Waals surface area contributed by atoms with Crippen molar-refractivity contribution >= 4 is 11.9 Å². The molecule has 60 valence electrons. The minimum Gasteiger partial charge on any atom is -1.00 e. The van der Waals surface area contributed by atoms with Gasteiger partial charge < -0.3 is 11.8 Å². The van der Waals surface area contributed by atoms with Gasteiger partial charge in [-0.15, -0.1) is 0 Å². The Bertz CT molecular complexity index is 143. The second-order valence-corrected chi connectivity index (χ2v) is 1.92. The van der Waals surface area contributed by atoms with E-state index < -0.39 is 5.97 Å². The number of carboxylic acid groups (broad SMARTS) is 1. The molecule has 0 saturated heterocycles. The molecule has 0 radical (unpaired) electrons. The first-order valence-electron chi connectivity index (χ1n) is 3.15. The number of hydrogen-bond acceptors (Lipinski definition) is 2. The Morgan fingerprint density at radius 3 is 2.45 bits per heavy atom. The number of nitrogens with one attached hydrogen (secondary N) is 1. The van der Waals surface area contributed by atoms with E-state index in [2.05, 4.69) is 5.32 Å². The van der Waals surface area contributed by atoms with E-state index in [4.69, 9.17) is 5.11 Å². The largest absolute Gasteiger partial charge is 1.00 e. The summed E-state index contributed by atoms with van der Waals surface area (Å²) in [6.45, 7) is 1.58. The van der Waals surface area contributed by atoms with Gasteiger partial charge in [0.2, 0.25) is 5.91 Å². The van der Waals surface area contributed by atoms with Crippen LogP contribution in [-0.2, 0) is 9.59 Å². The standard InChI is InChI=1S/C6H11NO3.K.H/c1-2-3-5(8)7-4-6(9)10;;/h2-4H2,1H3,(H,7,8)(H,9,10);;/q;+1;-1. The summed E-state index contributed by atoms with van der Waals surface area (Å²) >= 11 is 0. The smallest absolute Gasteiger partial charge is 1.00 e. The van der Waals surface area contributed by atoms with Crippen molar-refractivity contribution in [2.45, 2.75) is 19.8 Å². The molecule has 0 aliphatic carbocycles. The maximum Gasteiger partial charge on any atom is 1.00 e. The van der Waals surface area contributed by atoms with Crippen LogP contribution in [0.2, 0.25) is 0 Å². The molecule has 0 heterocycles. The maximum absolute atomic E-state index is 10.6. The quantitative estimate of drug-likeness (QED) is 0.462. The van der Waals surface area contributed by atoms with Gasteiger partial charge in [0, 0.05) is 6.42 Å². The van der Waals surface area contributed by atoms with E-state index >= 15 is 0 Å². The monoisotopic (exact) mass is 185 g/mol. The van der Waals surface area contributed by atoms with E-state index in [0.717, 1.165) is 6.42 Å². The molecular formula is C6H12KNO3. The third kappa shape index (κ3) is 10.6. The van der Waals surface area contributed by atoms with Crippen LogP contribution in [0.1, 0.15) is 21.2 Å². The molecule has 4 nitrogen and oxygen atoms in total. The van der Waals surface area contributed by atoms with E-state index in [0.29, 0.717) is 6.42 Å². The van der Waals surface area contributed by atoms with Crippen LogP contribution in [0.5, 0.6) is 0 Å². The van der Waals surface area contributed by atoms with Gasteiger partial charge in [-0.25, -0.2) is 0 Å². The average Bonchev–Trinajstić information content (AvgIpc) is 1.85. The number of aliphatic carboxylic acids is 1. The van der Waals surface area contributed by atoms with Crippen molar-refractivity contribution in [1.29, 1.82) is 0 Å². The summed E-state index contributed by atoms with van der Waals surface area (Å²) in [7, 11) is 0. The van der Waals surface area contributed by atoms with E-state index in [1.54, 1.807) is 0 Å². The number of carbonyl (C=O) groups excluding carboxylic acids is 1. The van der Waals surface area contributed by atoms with Crippen molar-refractivity contribution in [2.75, 3.05) is 6.54 Å². The third-order valence-corrected chi connectivity index (χ3v) is 0.914. The van der Waals surface area contributed by atoms with Gasteiger partial charge in [0.25, 0.3) is 0 Å². The summed E-state index contributed by atoms with van der Waals surface area (Å²) in [4.78, 5) is 20.5. The molecule has 0 fully saturated rings. The molecule has 0 atom stereocenters. The first-order chi connectivity index (χ1) is 4.66. The molecule has 0 saturated carbocycles. The number of carbonyl (C=O) groups is 2. The maximum atomic E-state index is 10.6. The molecule has 1 amide bonds. The van der Waals surface area contributed by atoms with E-state index in [9.17, 15) is 9.59 Å². The molecule has 5 heteroatoms. The number of amides is 1. The number of carboxylic acids is 1. The summed E-state index contributed by atoms with van der Waals surface area (Å²) < 4.78 is 0. The molecule has 0 rings (SSSR count). The first kappa shape index (κ1) is 14.1. The molecule has 0 spiro atoms. The van der Waals surface area contributed by atoms with Crippen molar-refractivity contribution in [3.05, 3.63) is 0 Å². The zero-order valence-electron chi connectivity index (χ0n) is 7.89. The molecular weight excluding hydrogens is 173 g/mol. The normalized spacial score (nSPS) is 8.09. The zero-order valence-corrected chi connectivity index (χ0v) is 10.0. The van der Waals surface area contributed by atoms with Gasteiger partial charge in [-0.05, 0) is 6.42 Å². The Morgan fingerprint density at radius 1 is 1.55 bits per heavy atom. The molecule has 0 aliphatic heterocycles. The van der Waals surface area contributed by atoms with Gasteiger partial charge in [-0.1, -0.05) is 6.92 Å². The van der Waals surface area contributed by atoms with E-state index in [-0.39, 0.29) is 65.3 Å². The molecule has 0 aliphatic rings. The first-order valence-corrected chi connectivity index (χ1v) is 3.15. The minimum absolute atomic E-state index is 0. The Kier molecular flexibility index (Phi) is 11.1. The SMILES string of the molecule is CCCC(=O)NCC(=O)O.[H-].[K+]. The predicted molar refractivity (Wildman–Crippen MR) is 36.7 cm³/mol. The van der Waals surface area contributed by atoms with Crippen LogP contribution in [0.4, 0.5) is 0 Å². The molecule has 0 aromatic rings. The van der Waals surface area contributed by atoms with Gasteiger partial charge >= 0.3 is 57.4 Å². The van der Waals surface area contributed by atoms with Crippen LogP contribution in [0, 0.1) is 0 Å². The fourth-order valence-corrected chi connectivity index (χ4v) is 0.490. The molecule has 2 N–H and O–H groups in total. The van der Waals surface area contributed by atoms with Crippen molar-refractivity contribution < 1.29 is 67.5 Å². The zero-order chi connectivity index (χ0) is 7.98. The van der Waals surface area contributed by atoms with E-state index in [1.807, 2.05) is 6.92 Å². The predicted octanol–water partition coefficient (Wildman–Crippen LogP) is -2.90. The Balaban J connectivity index is -0.000000405. The van der Waals surface area contributed by atoms with Gasteiger partial charge in [0.05, 0.1) is 0 Å². The summed E-state index contributed by atoms with van der Waals surface area (Å²) in [6.07, 6.45) is 1.14. The van der Waals surface area contributed by atoms with Gasteiger partial charge in [-0.3, -0.25) is 9.59 Å². The number of hydrogen-bond donors (Lipinski definition) is 2. The Morgan fingerprint density at radius 2 is 2.09 bits per heavy atom. The average molecular weight is 185 g/mol. The molecule has 11 heavy (non-hydrogen) atoms. The summed E-state index contributed by atoms with van der Waals surface area (Å²) in [6, 6.07) is 0. The van der Waals surface area contributed by atoms with Crippen molar-refractivity contribution in [3.8, 4) is 0 Å². The van der Waals surface area contributed by atoms with Crippen LogP contribution in [-0.4, -0.2) is 23.5 Å². The number of rotatable bonds is 4. The van der Waals surface area contributed by atoms with E-state index in [1.165, 1.54) is 0 Å². The molecule has 0 bridgehead atoms. The van der Waals surface area contributed by atoms with Crippen LogP contribution >= 0.6 is 0 Å². The second kappa shape index (κ2) is 8.67.